The number of rotatable bonds is 2. The fraction of sp³-hybridized carbons (Fsp3) is 0.294. The lowest BCUT2D eigenvalue weighted by atomic mass is 9.99. The van der Waals surface area contributed by atoms with Crippen molar-refractivity contribution in [3.05, 3.63) is 59.1 Å². The van der Waals surface area contributed by atoms with Crippen LogP contribution in [-0.2, 0) is 10.5 Å². The number of hydrogen-bond acceptors (Lipinski definition) is 3. The molecule has 1 atom stereocenters. The summed E-state index contributed by atoms with van der Waals surface area (Å²) in [5.74, 6) is -1.22. The van der Waals surface area contributed by atoms with Crippen LogP contribution in [0.1, 0.15) is 5.56 Å². The maximum absolute atomic E-state index is 10.6. The number of hydrogen-bond donors (Lipinski definition) is 1. The molecule has 2 aromatic rings. The molecule has 1 saturated heterocycles. The molecule has 1 unspecified atom stereocenters. The minimum absolute atomic E-state index is 0.479. The van der Waals surface area contributed by atoms with Crippen LogP contribution in [0.15, 0.2) is 48.5 Å². The largest absolute Gasteiger partial charge is 0.361 e. The van der Waals surface area contributed by atoms with Crippen LogP contribution in [0.5, 0.6) is 0 Å². The highest BCUT2D eigenvalue weighted by Gasteiger charge is 2.34. The zero-order valence-corrected chi connectivity index (χ0v) is 12.7. The van der Waals surface area contributed by atoms with E-state index in [4.69, 9.17) is 16.3 Å². The molecule has 0 aromatic heterocycles. The predicted molar refractivity (Wildman–Crippen MR) is 84.2 cm³/mol. The van der Waals surface area contributed by atoms with Gasteiger partial charge in [0.15, 0.2) is 0 Å². The summed E-state index contributed by atoms with van der Waals surface area (Å²) < 4.78 is 5.58. The van der Waals surface area contributed by atoms with Crippen LogP contribution < -0.4 is 0 Å². The summed E-state index contributed by atoms with van der Waals surface area (Å²) >= 11 is 5.90. The second-order valence-electron chi connectivity index (χ2n) is 5.45. The summed E-state index contributed by atoms with van der Waals surface area (Å²) in [6, 6.07) is 15.5. The van der Waals surface area contributed by atoms with Crippen LogP contribution in [0, 0.1) is 0 Å². The first-order chi connectivity index (χ1) is 10.1. The molecule has 1 heterocycles. The molecule has 0 bridgehead atoms. The molecule has 0 spiro atoms. The molecule has 1 N–H and O–H groups in total. The molecule has 1 fully saturated rings. The van der Waals surface area contributed by atoms with E-state index in [1.54, 1.807) is 0 Å². The SMILES string of the molecule is CN1CCOC(O)(c2ccc(-c3ccc(Cl)cc3)cc2)C1. The maximum atomic E-state index is 10.6. The Hall–Kier alpha value is -1.39. The summed E-state index contributed by atoms with van der Waals surface area (Å²) in [4.78, 5) is 2.07. The van der Waals surface area contributed by atoms with Crippen molar-refractivity contribution in [1.29, 1.82) is 0 Å². The van der Waals surface area contributed by atoms with Crippen molar-refractivity contribution in [3.63, 3.8) is 0 Å². The quantitative estimate of drug-likeness (QED) is 0.925. The zero-order valence-electron chi connectivity index (χ0n) is 11.9. The van der Waals surface area contributed by atoms with Gasteiger partial charge in [-0.15, -0.1) is 0 Å². The zero-order chi connectivity index (χ0) is 14.9. The molecule has 21 heavy (non-hydrogen) atoms. The lowest BCUT2D eigenvalue weighted by Gasteiger charge is -2.37. The highest BCUT2D eigenvalue weighted by Crippen LogP contribution is 2.29. The smallest absolute Gasteiger partial charge is 0.205 e. The van der Waals surface area contributed by atoms with Crippen LogP contribution >= 0.6 is 11.6 Å². The molecule has 0 aliphatic carbocycles. The Morgan fingerprint density at radius 2 is 1.62 bits per heavy atom. The van der Waals surface area contributed by atoms with E-state index in [1.807, 2.05) is 55.6 Å². The Morgan fingerprint density at radius 1 is 1.05 bits per heavy atom. The maximum Gasteiger partial charge on any atom is 0.205 e. The van der Waals surface area contributed by atoms with Crippen LogP contribution in [-0.4, -0.2) is 36.8 Å². The minimum atomic E-state index is -1.22. The van der Waals surface area contributed by atoms with Gasteiger partial charge in [0.05, 0.1) is 13.2 Å². The summed E-state index contributed by atoms with van der Waals surface area (Å²) in [7, 11) is 1.98. The van der Waals surface area contributed by atoms with Gasteiger partial charge in [-0.2, -0.15) is 0 Å². The van der Waals surface area contributed by atoms with Gasteiger partial charge in [0.1, 0.15) is 0 Å². The van der Waals surface area contributed by atoms with Gasteiger partial charge in [-0.25, -0.2) is 0 Å². The molecular weight excluding hydrogens is 286 g/mol. The Labute approximate surface area is 129 Å². The second kappa shape index (κ2) is 5.78. The first kappa shape index (κ1) is 14.5. The van der Waals surface area contributed by atoms with E-state index in [0.29, 0.717) is 13.2 Å². The molecule has 3 nitrogen and oxygen atoms in total. The van der Waals surface area contributed by atoms with Crippen LogP contribution in [0.2, 0.25) is 5.02 Å². The van der Waals surface area contributed by atoms with Crippen molar-refractivity contribution >= 4 is 11.6 Å². The van der Waals surface area contributed by atoms with Crippen molar-refractivity contribution in [2.24, 2.45) is 0 Å². The van der Waals surface area contributed by atoms with Crippen LogP contribution in [0.25, 0.3) is 11.1 Å². The van der Waals surface area contributed by atoms with Crippen molar-refractivity contribution in [3.8, 4) is 11.1 Å². The predicted octanol–water partition coefficient (Wildman–Crippen LogP) is 3.11. The average molecular weight is 304 g/mol. The van der Waals surface area contributed by atoms with E-state index >= 15 is 0 Å². The highest BCUT2D eigenvalue weighted by molar-refractivity contribution is 6.30. The third-order valence-electron chi connectivity index (χ3n) is 3.81. The van der Waals surface area contributed by atoms with Gasteiger partial charge in [0, 0.05) is 17.1 Å². The number of aliphatic hydroxyl groups is 1. The van der Waals surface area contributed by atoms with Gasteiger partial charge in [-0.3, -0.25) is 4.90 Å². The molecule has 4 heteroatoms. The van der Waals surface area contributed by atoms with E-state index < -0.39 is 5.79 Å². The number of benzene rings is 2. The van der Waals surface area contributed by atoms with E-state index in [1.165, 1.54) is 0 Å². The number of halogens is 1. The second-order valence-corrected chi connectivity index (χ2v) is 5.89. The monoisotopic (exact) mass is 303 g/mol. The Morgan fingerprint density at radius 3 is 2.19 bits per heavy atom. The van der Waals surface area contributed by atoms with Crippen molar-refractivity contribution in [2.75, 3.05) is 26.7 Å². The lowest BCUT2D eigenvalue weighted by Crippen LogP contribution is -2.48. The average Bonchev–Trinajstić information content (AvgIpc) is 2.48. The Bertz CT molecular complexity index is 612. The summed E-state index contributed by atoms with van der Waals surface area (Å²) in [6.45, 7) is 1.85. The fourth-order valence-electron chi connectivity index (χ4n) is 2.60. The van der Waals surface area contributed by atoms with E-state index in [9.17, 15) is 5.11 Å². The fourth-order valence-corrected chi connectivity index (χ4v) is 2.73. The van der Waals surface area contributed by atoms with Gasteiger partial charge in [-0.05, 0) is 30.3 Å². The minimum Gasteiger partial charge on any atom is -0.361 e. The molecule has 3 rings (SSSR count). The first-order valence-corrected chi connectivity index (χ1v) is 7.36. The Kier molecular flexibility index (Phi) is 4.00. The van der Waals surface area contributed by atoms with Crippen molar-refractivity contribution in [2.45, 2.75) is 5.79 Å². The molecule has 0 radical (unpaired) electrons. The number of morpholine rings is 1. The molecule has 1 aliphatic heterocycles. The van der Waals surface area contributed by atoms with Crippen molar-refractivity contribution < 1.29 is 9.84 Å². The summed E-state index contributed by atoms with van der Waals surface area (Å²) in [6.07, 6.45) is 0. The number of β-amino-alcohol motifs (C(OH)–C–C–N with tert-alkyl or cyclic N) is 1. The number of nitrogens with zero attached hydrogens (tertiary/aromatic N) is 1. The Balaban J connectivity index is 1.85. The topological polar surface area (TPSA) is 32.7 Å². The van der Waals surface area contributed by atoms with Gasteiger partial charge >= 0.3 is 0 Å². The summed E-state index contributed by atoms with van der Waals surface area (Å²) in [5, 5.41) is 11.4. The molecule has 110 valence electrons. The van der Waals surface area contributed by atoms with Crippen LogP contribution in [0.3, 0.4) is 0 Å². The third-order valence-corrected chi connectivity index (χ3v) is 4.06. The van der Waals surface area contributed by atoms with E-state index in [-0.39, 0.29) is 0 Å². The van der Waals surface area contributed by atoms with Crippen molar-refractivity contribution in [1.82, 2.24) is 4.90 Å². The van der Waals surface area contributed by atoms with Gasteiger partial charge < -0.3 is 9.84 Å². The molecule has 0 amide bonds. The van der Waals surface area contributed by atoms with Crippen LogP contribution in [0.4, 0.5) is 0 Å². The number of likely N-dealkylation sites (N-methyl/N-ethyl adjacent to an activating group) is 1. The van der Waals surface area contributed by atoms with Gasteiger partial charge in [0.2, 0.25) is 5.79 Å². The highest BCUT2D eigenvalue weighted by atomic mass is 35.5. The van der Waals surface area contributed by atoms with E-state index in [0.717, 1.165) is 28.3 Å². The standard InChI is InChI=1S/C17H18ClNO2/c1-19-10-11-21-17(20,12-19)15-6-2-13(3-7-15)14-4-8-16(18)9-5-14/h2-9,20H,10-12H2,1H3. The lowest BCUT2D eigenvalue weighted by molar-refractivity contribution is -0.245. The third kappa shape index (κ3) is 3.11. The molecular formula is C17H18ClNO2. The summed E-state index contributed by atoms with van der Waals surface area (Å²) in [5.41, 5.74) is 2.97. The van der Waals surface area contributed by atoms with Gasteiger partial charge in [-0.1, -0.05) is 48.0 Å². The molecule has 0 saturated carbocycles. The molecule has 2 aromatic carbocycles. The van der Waals surface area contributed by atoms with E-state index in [2.05, 4.69) is 4.90 Å². The normalized spacial score (nSPS) is 23.2. The van der Waals surface area contributed by atoms with Gasteiger partial charge in [0.25, 0.3) is 0 Å². The molecule has 1 aliphatic rings. The first-order valence-electron chi connectivity index (χ1n) is 6.98. The number of ether oxygens (including phenoxy) is 1.